The summed E-state index contributed by atoms with van der Waals surface area (Å²) in [5.74, 6) is 0.0239. The Morgan fingerprint density at radius 1 is 1.11 bits per heavy atom. The van der Waals surface area contributed by atoms with E-state index in [2.05, 4.69) is 62.1 Å². The Kier molecular flexibility index (Phi) is 15.0. The van der Waals surface area contributed by atoms with E-state index in [1.165, 1.54) is 11.3 Å². The zero-order chi connectivity index (χ0) is 27.1. The fraction of sp³-hybridized carbons (Fsp3) is 0.586. The van der Waals surface area contributed by atoms with E-state index in [4.69, 9.17) is 11.6 Å². The summed E-state index contributed by atoms with van der Waals surface area (Å²) in [5, 5.41) is 6.48. The number of carbonyl (C=O) groups is 2. The molecule has 1 unspecified atom stereocenters. The molecule has 202 valence electrons. The number of rotatable bonds is 12. The van der Waals surface area contributed by atoms with Crippen molar-refractivity contribution in [1.82, 2.24) is 15.5 Å². The molecule has 1 aliphatic rings. The van der Waals surface area contributed by atoms with Gasteiger partial charge in [0, 0.05) is 36.9 Å². The fourth-order valence-corrected chi connectivity index (χ4v) is 4.06. The lowest BCUT2D eigenvalue weighted by Gasteiger charge is -2.25. The number of nitrogens with zero attached hydrogens (tertiary/aromatic N) is 1. The lowest BCUT2D eigenvalue weighted by Crippen LogP contribution is -2.28. The molecule has 0 spiro atoms. The van der Waals surface area contributed by atoms with Gasteiger partial charge in [0.1, 0.15) is 6.61 Å². The van der Waals surface area contributed by atoms with E-state index in [9.17, 15) is 9.59 Å². The Bertz CT molecular complexity index is 892. The van der Waals surface area contributed by atoms with Crippen LogP contribution in [0.5, 0.6) is 0 Å². The maximum Gasteiger partial charge on any atom is 0.407 e. The summed E-state index contributed by atoms with van der Waals surface area (Å²) in [7, 11) is 4.17. The van der Waals surface area contributed by atoms with E-state index in [1.807, 2.05) is 31.2 Å². The van der Waals surface area contributed by atoms with Crippen molar-refractivity contribution in [3.63, 3.8) is 0 Å². The van der Waals surface area contributed by atoms with Crippen molar-refractivity contribution in [1.29, 1.82) is 0 Å². The summed E-state index contributed by atoms with van der Waals surface area (Å²) in [6.07, 6.45) is 6.72. The van der Waals surface area contributed by atoms with Crippen molar-refractivity contribution in [2.75, 3.05) is 20.7 Å². The molecule has 1 aromatic rings. The molecule has 0 saturated carbocycles. The molecular formula is C29H46ClN3O3. The van der Waals surface area contributed by atoms with Crippen LogP contribution in [0, 0.1) is 0 Å². The number of benzene rings is 1. The molecule has 7 heteroatoms. The molecule has 2 N–H and O–H groups in total. The van der Waals surface area contributed by atoms with Gasteiger partial charge in [0.15, 0.2) is 0 Å². The van der Waals surface area contributed by atoms with Gasteiger partial charge in [-0.1, -0.05) is 69.8 Å². The first-order valence-electron chi connectivity index (χ1n) is 13.2. The Balaban J connectivity index is 0.000000681. The first-order valence-corrected chi connectivity index (χ1v) is 13.6. The average Bonchev–Trinajstić information content (AvgIpc) is 3.30. The zero-order valence-corrected chi connectivity index (χ0v) is 24.1. The number of hydrogen-bond donors (Lipinski definition) is 2. The number of ether oxygens (including phenoxy) is 1. The number of cyclic esters (lactones) is 1. The highest BCUT2D eigenvalue weighted by Crippen LogP contribution is 2.29. The first kappa shape index (κ1) is 31.6. The van der Waals surface area contributed by atoms with E-state index in [0.717, 1.165) is 61.7 Å². The molecule has 1 atom stereocenters. The van der Waals surface area contributed by atoms with Crippen molar-refractivity contribution < 1.29 is 14.3 Å². The second-order valence-corrected chi connectivity index (χ2v) is 9.78. The topological polar surface area (TPSA) is 70.7 Å². The van der Waals surface area contributed by atoms with Crippen molar-refractivity contribution in [2.24, 2.45) is 0 Å². The molecule has 1 fully saturated rings. The second kappa shape index (κ2) is 17.1. The summed E-state index contributed by atoms with van der Waals surface area (Å²) >= 11 is 5.96. The van der Waals surface area contributed by atoms with Crippen LogP contribution >= 0.6 is 11.6 Å². The Labute approximate surface area is 223 Å². The van der Waals surface area contributed by atoms with Gasteiger partial charge in [0.05, 0.1) is 6.04 Å². The quantitative estimate of drug-likeness (QED) is 0.230. The number of alkyl carbamates (subject to hydrolysis) is 1. The molecule has 0 aromatic heterocycles. The second-order valence-electron chi connectivity index (χ2n) is 9.34. The van der Waals surface area contributed by atoms with Crippen LogP contribution in [0.2, 0.25) is 5.02 Å². The zero-order valence-electron chi connectivity index (χ0n) is 23.3. The fourth-order valence-electron chi connectivity index (χ4n) is 3.93. The van der Waals surface area contributed by atoms with Crippen molar-refractivity contribution >= 4 is 23.6 Å². The number of hydrogen-bond acceptors (Lipinski definition) is 4. The molecule has 1 aliphatic heterocycles. The number of allylic oxidation sites excluding steroid dienone is 2. The normalized spacial score (nSPS) is 16.1. The Morgan fingerprint density at radius 2 is 1.78 bits per heavy atom. The molecule has 2 rings (SSSR count). The van der Waals surface area contributed by atoms with Gasteiger partial charge in [0.25, 0.3) is 5.91 Å². The minimum Gasteiger partial charge on any atom is -0.447 e. The number of carbonyl (C=O) groups excluding carboxylic acids is 2. The average molecular weight is 520 g/mol. The molecule has 1 heterocycles. The molecule has 1 aromatic carbocycles. The van der Waals surface area contributed by atoms with Crippen LogP contribution in [-0.2, 0) is 16.1 Å². The third-order valence-corrected chi connectivity index (χ3v) is 6.49. The predicted molar refractivity (Wildman–Crippen MR) is 150 cm³/mol. The molecular weight excluding hydrogens is 474 g/mol. The molecule has 0 bridgehead atoms. The Hall–Kier alpha value is -2.47. The van der Waals surface area contributed by atoms with E-state index in [-0.39, 0.29) is 18.0 Å². The summed E-state index contributed by atoms with van der Waals surface area (Å²) < 4.78 is 4.61. The van der Waals surface area contributed by atoms with Crippen LogP contribution in [0.4, 0.5) is 4.79 Å². The highest BCUT2D eigenvalue weighted by Gasteiger charge is 2.21. The maximum atomic E-state index is 13.3. The minimum atomic E-state index is -0.281. The molecule has 36 heavy (non-hydrogen) atoms. The van der Waals surface area contributed by atoms with Crippen LogP contribution in [0.25, 0.3) is 0 Å². The monoisotopic (exact) mass is 519 g/mol. The van der Waals surface area contributed by atoms with Gasteiger partial charge in [-0.2, -0.15) is 0 Å². The third-order valence-electron chi connectivity index (χ3n) is 6.24. The summed E-state index contributed by atoms with van der Waals surface area (Å²) in [5.41, 5.74) is 5.56. The van der Waals surface area contributed by atoms with E-state index in [0.29, 0.717) is 18.2 Å². The summed E-state index contributed by atoms with van der Waals surface area (Å²) in [6.45, 7) is 11.6. The lowest BCUT2D eigenvalue weighted by atomic mass is 9.91. The largest absolute Gasteiger partial charge is 0.447 e. The highest BCUT2D eigenvalue weighted by molar-refractivity contribution is 6.30. The van der Waals surface area contributed by atoms with Crippen LogP contribution in [0.1, 0.15) is 85.1 Å². The summed E-state index contributed by atoms with van der Waals surface area (Å²) in [6, 6.07) is 7.87. The van der Waals surface area contributed by atoms with Crippen LogP contribution in [0.15, 0.2) is 46.7 Å². The smallest absolute Gasteiger partial charge is 0.407 e. The number of nitrogens with one attached hydrogen (secondary N) is 2. The van der Waals surface area contributed by atoms with Crippen molar-refractivity contribution in [3.05, 3.63) is 57.3 Å². The lowest BCUT2D eigenvalue weighted by molar-refractivity contribution is -0.117. The molecule has 0 aliphatic carbocycles. The van der Waals surface area contributed by atoms with Crippen LogP contribution < -0.4 is 10.6 Å². The maximum absolute atomic E-state index is 13.3. The molecule has 0 radical (unpaired) electrons. The van der Waals surface area contributed by atoms with E-state index >= 15 is 0 Å². The van der Waals surface area contributed by atoms with Gasteiger partial charge in [-0.3, -0.25) is 4.79 Å². The van der Waals surface area contributed by atoms with Crippen LogP contribution in [0.3, 0.4) is 0 Å². The number of halogens is 1. The molecule has 2 amide bonds. The van der Waals surface area contributed by atoms with Crippen molar-refractivity contribution in [2.45, 2.75) is 92.2 Å². The van der Waals surface area contributed by atoms with Gasteiger partial charge in [-0.05, 0) is 62.3 Å². The first-order chi connectivity index (χ1) is 17.2. The molecule has 1 saturated heterocycles. The summed E-state index contributed by atoms with van der Waals surface area (Å²) in [4.78, 5) is 25.7. The standard InChI is InChI=1S/C24H37ClN2O.C5H9NO2/c1-7-10-12-21(22(11-8-2)27(5)6)23(18(4)9-3)24(28)26-17-19-13-15-20(25)16-14-19;1-2-4-3-8-5(7)6-4/h13-16H,7-12,17H2,1-6H3,(H,26,28);4H,2-3H2,1H3,(H,6,7)/b22-21-,23-18?;. The van der Waals surface area contributed by atoms with Crippen molar-refractivity contribution in [3.8, 4) is 0 Å². The van der Waals surface area contributed by atoms with Gasteiger partial charge in [-0.25, -0.2) is 4.79 Å². The van der Waals surface area contributed by atoms with E-state index in [1.54, 1.807) is 0 Å². The third kappa shape index (κ3) is 10.7. The SMILES string of the molecule is CCC1COC(=O)N1.CCCC/C(C(C(=O)NCc1ccc(Cl)cc1)=C(C)CC)=C(\CCC)N(C)C. The molecule has 6 nitrogen and oxygen atoms in total. The van der Waals surface area contributed by atoms with Gasteiger partial charge in [0.2, 0.25) is 0 Å². The Morgan fingerprint density at radius 3 is 2.22 bits per heavy atom. The van der Waals surface area contributed by atoms with Gasteiger partial charge < -0.3 is 20.3 Å². The highest BCUT2D eigenvalue weighted by atomic mass is 35.5. The number of amides is 2. The van der Waals surface area contributed by atoms with E-state index < -0.39 is 0 Å². The van der Waals surface area contributed by atoms with Crippen LogP contribution in [-0.4, -0.2) is 43.6 Å². The number of unbranched alkanes of at least 4 members (excludes halogenated alkanes) is 1. The van der Waals surface area contributed by atoms with Gasteiger partial charge in [-0.15, -0.1) is 0 Å². The predicted octanol–water partition coefficient (Wildman–Crippen LogP) is 6.99. The minimum absolute atomic E-state index is 0.0239. The van der Waals surface area contributed by atoms with Gasteiger partial charge >= 0.3 is 6.09 Å².